The van der Waals surface area contributed by atoms with Crippen LogP contribution in [0.4, 0.5) is 0 Å². The minimum atomic E-state index is 0.749. The summed E-state index contributed by atoms with van der Waals surface area (Å²) in [4.78, 5) is 10.3. The van der Waals surface area contributed by atoms with E-state index in [1.54, 1.807) is 0 Å². The highest BCUT2D eigenvalue weighted by Crippen LogP contribution is 2.33. The summed E-state index contributed by atoms with van der Waals surface area (Å²) in [6, 6.07) is 30.4. The van der Waals surface area contributed by atoms with Gasteiger partial charge in [-0.3, -0.25) is 4.90 Å². The summed E-state index contributed by atoms with van der Waals surface area (Å²) in [5.74, 6) is 2.80. The smallest absolute Gasteiger partial charge is 0.140 e. The Morgan fingerprint density at radius 3 is 2.14 bits per heavy atom. The quantitative estimate of drug-likeness (QED) is 0.122. The molecule has 5 heteroatoms. The van der Waals surface area contributed by atoms with Gasteiger partial charge in [0, 0.05) is 43.9 Å². The van der Waals surface area contributed by atoms with E-state index in [4.69, 9.17) is 9.72 Å². The predicted molar refractivity (Wildman–Crippen MR) is 184 cm³/mol. The molecule has 4 aromatic rings. The second-order valence-corrected chi connectivity index (χ2v) is 12.8. The van der Waals surface area contributed by atoms with E-state index in [0.29, 0.717) is 0 Å². The lowest BCUT2D eigenvalue weighted by Gasteiger charge is -2.30. The molecule has 0 atom stereocenters. The molecule has 1 saturated carbocycles. The van der Waals surface area contributed by atoms with Crippen molar-refractivity contribution in [3.63, 3.8) is 0 Å². The van der Waals surface area contributed by atoms with Gasteiger partial charge in [-0.2, -0.15) is 0 Å². The summed E-state index contributed by atoms with van der Waals surface area (Å²) in [6.45, 7) is 7.98. The molecule has 1 heterocycles. The van der Waals surface area contributed by atoms with Crippen LogP contribution in [0.15, 0.2) is 84.9 Å². The Morgan fingerprint density at radius 1 is 0.795 bits per heavy atom. The predicted octanol–water partition coefficient (Wildman–Crippen LogP) is 8.93. The van der Waals surface area contributed by atoms with Crippen LogP contribution in [0.25, 0.3) is 22.6 Å². The number of ether oxygens (including phenoxy) is 1. The van der Waals surface area contributed by atoms with E-state index >= 15 is 0 Å². The third-order valence-electron chi connectivity index (χ3n) is 8.85. The molecular weight excluding hydrogens is 540 g/mol. The van der Waals surface area contributed by atoms with Crippen LogP contribution < -0.4 is 4.74 Å². The summed E-state index contributed by atoms with van der Waals surface area (Å²) in [7, 11) is 4.21. The molecule has 5 rings (SSSR count). The number of imidazole rings is 1. The molecule has 0 N–H and O–H groups in total. The largest absolute Gasteiger partial charge is 0.494 e. The third-order valence-corrected chi connectivity index (χ3v) is 8.85. The first-order valence-corrected chi connectivity index (χ1v) is 16.9. The summed E-state index contributed by atoms with van der Waals surface area (Å²) in [5.41, 5.74) is 6.18. The van der Waals surface area contributed by atoms with Gasteiger partial charge in [-0.15, -0.1) is 0 Å². The van der Waals surface area contributed by atoms with E-state index in [2.05, 4.69) is 120 Å². The number of nitrogens with zero attached hydrogens (tertiary/aromatic N) is 4. The standard InChI is InChI=1S/C39H52N4O/c1-4-5-27-43-37(38(34-18-11-7-12-19-34)40-39(43)35-20-13-8-14-21-35)31-42(29-32-16-9-6-10-17-32)30-33-22-24-36(25-23-33)44-28-15-26-41(2)3/h7-8,11-14,18-25,32H,4-6,9-10,15-17,26-31H2,1-3H3. The van der Waals surface area contributed by atoms with E-state index in [-0.39, 0.29) is 0 Å². The van der Waals surface area contributed by atoms with Crippen LogP contribution >= 0.6 is 0 Å². The molecule has 0 amide bonds. The average molecular weight is 593 g/mol. The molecule has 0 radical (unpaired) electrons. The molecule has 234 valence electrons. The molecule has 0 unspecified atom stereocenters. The van der Waals surface area contributed by atoms with Crippen molar-refractivity contribution in [3.05, 3.63) is 96.2 Å². The second kappa shape index (κ2) is 16.6. The maximum absolute atomic E-state index is 6.04. The van der Waals surface area contributed by atoms with Gasteiger partial charge in [-0.05, 0) is 63.4 Å². The molecule has 1 aliphatic carbocycles. The van der Waals surface area contributed by atoms with Crippen LogP contribution in [-0.2, 0) is 19.6 Å². The topological polar surface area (TPSA) is 33.5 Å². The van der Waals surface area contributed by atoms with Gasteiger partial charge in [0.25, 0.3) is 0 Å². The minimum absolute atomic E-state index is 0.749. The van der Waals surface area contributed by atoms with Crippen molar-refractivity contribution in [2.75, 3.05) is 33.8 Å². The summed E-state index contributed by atoms with van der Waals surface area (Å²) >= 11 is 0. The van der Waals surface area contributed by atoms with Crippen LogP contribution in [0, 0.1) is 5.92 Å². The van der Waals surface area contributed by atoms with Gasteiger partial charge < -0.3 is 14.2 Å². The Labute approximate surface area is 265 Å². The zero-order valence-electron chi connectivity index (χ0n) is 27.3. The van der Waals surface area contributed by atoms with Crippen molar-refractivity contribution in [1.29, 1.82) is 0 Å². The number of aromatic nitrogens is 2. The van der Waals surface area contributed by atoms with Crippen molar-refractivity contribution in [3.8, 4) is 28.4 Å². The highest BCUT2D eigenvalue weighted by molar-refractivity contribution is 5.68. The average Bonchev–Trinajstić information content (AvgIpc) is 3.41. The maximum Gasteiger partial charge on any atom is 0.140 e. The molecule has 1 aliphatic rings. The van der Waals surface area contributed by atoms with Gasteiger partial charge in [-0.1, -0.05) is 105 Å². The van der Waals surface area contributed by atoms with E-state index in [9.17, 15) is 0 Å². The van der Waals surface area contributed by atoms with Gasteiger partial charge in [-0.25, -0.2) is 4.98 Å². The molecule has 1 aromatic heterocycles. The first-order chi connectivity index (χ1) is 21.6. The lowest BCUT2D eigenvalue weighted by molar-refractivity contribution is 0.183. The Balaban J connectivity index is 1.45. The molecule has 3 aromatic carbocycles. The number of rotatable bonds is 16. The monoisotopic (exact) mass is 592 g/mol. The molecular formula is C39H52N4O. The van der Waals surface area contributed by atoms with Crippen LogP contribution in [0.5, 0.6) is 5.75 Å². The van der Waals surface area contributed by atoms with Gasteiger partial charge in [0.2, 0.25) is 0 Å². The van der Waals surface area contributed by atoms with E-state index in [0.717, 1.165) is 81.8 Å². The van der Waals surface area contributed by atoms with Crippen molar-refractivity contribution >= 4 is 0 Å². The Hall–Kier alpha value is -3.41. The minimum Gasteiger partial charge on any atom is -0.494 e. The lowest BCUT2D eigenvalue weighted by Crippen LogP contribution is -2.31. The highest BCUT2D eigenvalue weighted by Gasteiger charge is 2.24. The van der Waals surface area contributed by atoms with Crippen molar-refractivity contribution < 1.29 is 4.74 Å². The highest BCUT2D eigenvalue weighted by atomic mass is 16.5. The summed E-state index contributed by atoms with van der Waals surface area (Å²) in [5, 5.41) is 0. The van der Waals surface area contributed by atoms with Gasteiger partial charge in [0.1, 0.15) is 11.6 Å². The normalized spacial score (nSPS) is 14.0. The van der Waals surface area contributed by atoms with Gasteiger partial charge >= 0.3 is 0 Å². The fraction of sp³-hybridized carbons (Fsp3) is 0.462. The molecule has 0 spiro atoms. The number of hydrogen-bond donors (Lipinski definition) is 0. The Morgan fingerprint density at radius 2 is 1.48 bits per heavy atom. The molecule has 5 nitrogen and oxygen atoms in total. The van der Waals surface area contributed by atoms with Crippen LogP contribution in [0.3, 0.4) is 0 Å². The van der Waals surface area contributed by atoms with Crippen LogP contribution in [0.2, 0.25) is 0 Å². The van der Waals surface area contributed by atoms with E-state index in [1.165, 1.54) is 54.5 Å². The number of hydrogen-bond acceptors (Lipinski definition) is 4. The SMILES string of the molecule is CCCCn1c(-c2ccccc2)nc(-c2ccccc2)c1CN(Cc1ccc(OCCCN(C)C)cc1)CC1CCCCC1. The second-order valence-electron chi connectivity index (χ2n) is 12.8. The van der Waals surface area contributed by atoms with Crippen LogP contribution in [0.1, 0.15) is 69.5 Å². The third kappa shape index (κ3) is 9.06. The molecule has 1 fully saturated rings. The number of unbranched alkanes of at least 4 members (excludes halogenated alkanes) is 1. The molecule has 44 heavy (non-hydrogen) atoms. The Bertz CT molecular complexity index is 1380. The Kier molecular flexibility index (Phi) is 12.1. The summed E-state index contributed by atoms with van der Waals surface area (Å²) in [6.07, 6.45) is 10.1. The number of benzene rings is 3. The first-order valence-electron chi connectivity index (χ1n) is 16.9. The zero-order valence-corrected chi connectivity index (χ0v) is 27.3. The maximum atomic E-state index is 6.04. The molecule has 0 aliphatic heterocycles. The van der Waals surface area contributed by atoms with Crippen molar-refractivity contribution in [2.45, 2.75) is 77.9 Å². The fourth-order valence-electron chi connectivity index (χ4n) is 6.49. The fourth-order valence-corrected chi connectivity index (χ4v) is 6.49. The lowest BCUT2D eigenvalue weighted by atomic mass is 9.89. The van der Waals surface area contributed by atoms with Crippen LogP contribution in [-0.4, -0.2) is 53.1 Å². The van der Waals surface area contributed by atoms with E-state index in [1.807, 2.05) is 0 Å². The molecule has 0 saturated heterocycles. The van der Waals surface area contributed by atoms with E-state index < -0.39 is 0 Å². The van der Waals surface area contributed by atoms with Crippen molar-refractivity contribution in [2.24, 2.45) is 5.92 Å². The van der Waals surface area contributed by atoms with Gasteiger partial charge in [0.15, 0.2) is 0 Å². The van der Waals surface area contributed by atoms with Gasteiger partial charge in [0.05, 0.1) is 18.0 Å². The zero-order chi connectivity index (χ0) is 30.6. The first kappa shape index (κ1) is 32.0. The molecule has 0 bridgehead atoms. The summed E-state index contributed by atoms with van der Waals surface area (Å²) < 4.78 is 8.57. The van der Waals surface area contributed by atoms with Crippen molar-refractivity contribution in [1.82, 2.24) is 19.4 Å².